The summed E-state index contributed by atoms with van der Waals surface area (Å²) >= 11 is 0. The predicted octanol–water partition coefficient (Wildman–Crippen LogP) is 2.90. The summed E-state index contributed by atoms with van der Waals surface area (Å²) in [5.41, 5.74) is 3.46. The number of carbonyl (C=O) groups is 1. The second-order valence-corrected chi connectivity index (χ2v) is 5.28. The number of nitrogens with zero attached hydrogens (tertiary/aromatic N) is 2. The van der Waals surface area contributed by atoms with E-state index in [0.29, 0.717) is 6.54 Å². The summed E-state index contributed by atoms with van der Waals surface area (Å²) in [5, 5.41) is 13.7. The molecule has 1 heterocycles. The first-order valence-corrected chi connectivity index (χ1v) is 7.11. The van der Waals surface area contributed by atoms with Crippen molar-refractivity contribution in [3.05, 3.63) is 52.8 Å². The molecule has 20 heavy (non-hydrogen) atoms. The largest absolute Gasteiger partial charge is 0.476 e. The van der Waals surface area contributed by atoms with Crippen molar-refractivity contribution in [3.63, 3.8) is 0 Å². The molecule has 0 aliphatic heterocycles. The Balaban J connectivity index is 2.00. The Morgan fingerprint density at radius 3 is 2.65 bits per heavy atom. The van der Waals surface area contributed by atoms with Crippen LogP contribution in [0.4, 0.5) is 0 Å². The average Bonchev–Trinajstić information content (AvgIpc) is 2.63. The normalized spacial score (nSPS) is 14.6. The molecule has 1 aliphatic rings. The van der Waals surface area contributed by atoms with E-state index in [1.165, 1.54) is 6.42 Å². The quantitative estimate of drug-likeness (QED) is 0.872. The van der Waals surface area contributed by atoms with Gasteiger partial charge in [-0.3, -0.25) is 4.68 Å². The first-order chi connectivity index (χ1) is 9.75. The first-order valence-electron chi connectivity index (χ1n) is 7.11. The SMILES string of the molecule is O=C(O)c1nn(Cc2ccccc2)c2c1CCCCC2. The molecular formula is C16H18N2O2. The number of aromatic nitrogens is 2. The molecule has 0 atom stereocenters. The number of hydrogen-bond donors (Lipinski definition) is 1. The fourth-order valence-corrected chi connectivity index (χ4v) is 2.91. The van der Waals surface area contributed by atoms with Gasteiger partial charge in [-0.05, 0) is 31.2 Å². The Morgan fingerprint density at radius 1 is 1.15 bits per heavy atom. The summed E-state index contributed by atoms with van der Waals surface area (Å²) in [4.78, 5) is 11.4. The van der Waals surface area contributed by atoms with Crippen LogP contribution in [0.25, 0.3) is 0 Å². The summed E-state index contributed by atoms with van der Waals surface area (Å²) in [6.07, 6.45) is 5.12. The molecule has 0 fully saturated rings. The molecule has 0 bridgehead atoms. The van der Waals surface area contributed by atoms with Gasteiger partial charge in [-0.2, -0.15) is 5.10 Å². The maximum Gasteiger partial charge on any atom is 0.356 e. The maximum atomic E-state index is 11.4. The van der Waals surface area contributed by atoms with Crippen molar-refractivity contribution < 1.29 is 9.90 Å². The van der Waals surface area contributed by atoms with E-state index in [1.807, 2.05) is 35.0 Å². The second kappa shape index (κ2) is 5.49. The topological polar surface area (TPSA) is 55.1 Å². The molecule has 104 valence electrons. The van der Waals surface area contributed by atoms with Crippen LogP contribution in [0.1, 0.15) is 46.6 Å². The van der Waals surface area contributed by atoms with Crippen molar-refractivity contribution in [3.8, 4) is 0 Å². The van der Waals surface area contributed by atoms with Crippen molar-refractivity contribution in [2.75, 3.05) is 0 Å². The number of carboxylic acid groups (broad SMARTS) is 1. The van der Waals surface area contributed by atoms with Gasteiger partial charge in [0.15, 0.2) is 5.69 Å². The average molecular weight is 270 g/mol. The highest BCUT2D eigenvalue weighted by Crippen LogP contribution is 2.24. The molecule has 4 heteroatoms. The lowest BCUT2D eigenvalue weighted by molar-refractivity contribution is 0.0688. The molecule has 0 saturated heterocycles. The van der Waals surface area contributed by atoms with Crippen LogP contribution in [-0.4, -0.2) is 20.9 Å². The van der Waals surface area contributed by atoms with E-state index in [4.69, 9.17) is 0 Å². The minimum atomic E-state index is -0.907. The van der Waals surface area contributed by atoms with Gasteiger partial charge in [-0.25, -0.2) is 4.79 Å². The van der Waals surface area contributed by atoms with Crippen molar-refractivity contribution in [2.45, 2.75) is 38.6 Å². The van der Waals surface area contributed by atoms with E-state index in [-0.39, 0.29) is 5.69 Å². The summed E-state index contributed by atoms with van der Waals surface area (Å²) in [5.74, 6) is -0.907. The minimum Gasteiger partial charge on any atom is -0.476 e. The molecule has 0 amide bonds. The lowest BCUT2D eigenvalue weighted by Crippen LogP contribution is -2.07. The Morgan fingerprint density at radius 2 is 1.90 bits per heavy atom. The molecular weight excluding hydrogens is 252 g/mol. The molecule has 3 rings (SSSR count). The molecule has 0 unspecified atom stereocenters. The van der Waals surface area contributed by atoms with Crippen LogP contribution in [-0.2, 0) is 19.4 Å². The van der Waals surface area contributed by atoms with Gasteiger partial charge in [-0.1, -0.05) is 36.8 Å². The van der Waals surface area contributed by atoms with Crippen LogP contribution in [0.3, 0.4) is 0 Å². The van der Waals surface area contributed by atoms with E-state index in [9.17, 15) is 9.90 Å². The van der Waals surface area contributed by atoms with Crippen LogP contribution >= 0.6 is 0 Å². The molecule has 0 radical (unpaired) electrons. The van der Waals surface area contributed by atoms with Gasteiger partial charge in [0.05, 0.1) is 6.54 Å². The van der Waals surface area contributed by atoms with Crippen LogP contribution in [0.15, 0.2) is 30.3 Å². The van der Waals surface area contributed by atoms with Crippen LogP contribution < -0.4 is 0 Å². The highest BCUT2D eigenvalue weighted by Gasteiger charge is 2.23. The molecule has 1 aliphatic carbocycles. The van der Waals surface area contributed by atoms with E-state index in [2.05, 4.69) is 5.10 Å². The zero-order valence-corrected chi connectivity index (χ0v) is 11.4. The monoisotopic (exact) mass is 270 g/mol. The Hall–Kier alpha value is -2.10. The standard InChI is InChI=1S/C16H18N2O2/c19-16(20)15-13-9-5-2-6-10-14(13)18(17-15)11-12-7-3-1-4-8-12/h1,3-4,7-8H,2,5-6,9-11H2,(H,19,20). The third-order valence-electron chi connectivity index (χ3n) is 3.88. The van der Waals surface area contributed by atoms with Crippen molar-refractivity contribution in [2.24, 2.45) is 0 Å². The highest BCUT2D eigenvalue weighted by atomic mass is 16.4. The van der Waals surface area contributed by atoms with Gasteiger partial charge in [0.2, 0.25) is 0 Å². The lowest BCUT2D eigenvalue weighted by Gasteiger charge is -2.07. The van der Waals surface area contributed by atoms with Gasteiger partial charge >= 0.3 is 5.97 Å². The van der Waals surface area contributed by atoms with E-state index < -0.39 is 5.97 Å². The van der Waals surface area contributed by atoms with Crippen LogP contribution in [0, 0.1) is 0 Å². The number of carboxylic acids is 1. The van der Waals surface area contributed by atoms with E-state index in [1.54, 1.807) is 0 Å². The van der Waals surface area contributed by atoms with Gasteiger partial charge < -0.3 is 5.11 Å². The molecule has 1 aromatic carbocycles. The number of aromatic carboxylic acids is 1. The van der Waals surface area contributed by atoms with E-state index in [0.717, 1.165) is 42.5 Å². The van der Waals surface area contributed by atoms with Crippen molar-refractivity contribution in [1.29, 1.82) is 0 Å². The van der Waals surface area contributed by atoms with E-state index >= 15 is 0 Å². The zero-order chi connectivity index (χ0) is 13.9. The fourth-order valence-electron chi connectivity index (χ4n) is 2.91. The molecule has 1 N–H and O–H groups in total. The van der Waals surface area contributed by atoms with Crippen molar-refractivity contribution in [1.82, 2.24) is 9.78 Å². The molecule has 0 spiro atoms. The zero-order valence-electron chi connectivity index (χ0n) is 11.4. The Kier molecular flexibility index (Phi) is 3.54. The number of rotatable bonds is 3. The molecule has 4 nitrogen and oxygen atoms in total. The third kappa shape index (κ3) is 2.46. The van der Waals surface area contributed by atoms with Gasteiger partial charge in [0.1, 0.15) is 0 Å². The van der Waals surface area contributed by atoms with Gasteiger partial charge in [-0.15, -0.1) is 0 Å². The minimum absolute atomic E-state index is 0.248. The molecule has 0 saturated carbocycles. The Labute approximate surface area is 118 Å². The summed E-state index contributed by atoms with van der Waals surface area (Å²) in [6, 6.07) is 10.1. The smallest absolute Gasteiger partial charge is 0.356 e. The maximum absolute atomic E-state index is 11.4. The number of benzene rings is 1. The molecule has 1 aromatic heterocycles. The fraction of sp³-hybridized carbons (Fsp3) is 0.375. The molecule has 2 aromatic rings. The van der Waals surface area contributed by atoms with Gasteiger partial charge in [0.25, 0.3) is 0 Å². The lowest BCUT2D eigenvalue weighted by atomic mass is 10.1. The van der Waals surface area contributed by atoms with Gasteiger partial charge in [0, 0.05) is 11.3 Å². The summed E-state index contributed by atoms with van der Waals surface area (Å²) in [7, 11) is 0. The second-order valence-electron chi connectivity index (χ2n) is 5.28. The van der Waals surface area contributed by atoms with Crippen LogP contribution in [0.2, 0.25) is 0 Å². The predicted molar refractivity (Wildman–Crippen MR) is 76.0 cm³/mol. The first kappa shape index (κ1) is 12.9. The summed E-state index contributed by atoms with van der Waals surface area (Å²) < 4.78 is 1.89. The van der Waals surface area contributed by atoms with Crippen LogP contribution in [0.5, 0.6) is 0 Å². The summed E-state index contributed by atoms with van der Waals surface area (Å²) in [6.45, 7) is 0.649. The third-order valence-corrected chi connectivity index (χ3v) is 3.88. The Bertz CT molecular complexity index is 617. The highest BCUT2D eigenvalue weighted by molar-refractivity contribution is 5.87. The number of hydrogen-bond acceptors (Lipinski definition) is 2. The number of fused-ring (bicyclic) bond motifs is 1. The van der Waals surface area contributed by atoms with Crippen molar-refractivity contribution >= 4 is 5.97 Å².